The van der Waals surface area contributed by atoms with E-state index in [9.17, 15) is 14.4 Å². The predicted molar refractivity (Wildman–Crippen MR) is 139 cm³/mol. The van der Waals surface area contributed by atoms with Gasteiger partial charge in [0, 0.05) is 31.9 Å². The quantitative estimate of drug-likeness (QED) is 0.473. The first-order valence-corrected chi connectivity index (χ1v) is 11.8. The van der Waals surface area contributed by atoms with Crippen LogP contribution in [0.15, 0.2) is 77.9 Å². The molecule has 1 aromatic heterocycles. The Balaban J connectivity index is 1.42. The molecule has 1 aliphatic heterocycles. The monoisotopic (exact) mass is 481 g/mol. The van der Waals surface area contributed by atoms with Crippen LogP contribution in [0.2, 0.25) is 0 Å². The summed E-state index contributed by atoms with van der Waals surface area (Å²) in [4.78, 5) is 39.5. The van der Waals surface area contributed by atoms with Crippen LogP contribution < -0.4 is 15.9 Å². The van der Waals surface area contributed by atoms with Gasteiger partial charge < -0.3 is 10.2 Å². The van der Waals surface area contributed by atoms with E-state index in [0.717, 1.165) is 33.6 Å². The van der Waals surface area contributed by atoms with Gasteiger partial charge in [-0.3, -0.25) is 9.59 Å². The third-order valence-electron chi connectivity index (χ3n) is 6.88. The van der Waals surface area contributed by atoms with Gasteiger partial charge in [-0.1, -0.05) is 36.4 Å². The van der Waals surface area contributed by atoms with Crippen molar-refractivity contribution in [2.45, 2.75) is 19.3 Å². The summed E-state index contributed by atoms with van der Waals surface area (Å²) in [5.74, 6) is -0.388. The van der Waals surface area contributed by atoms with Gasteiger partial charge in [-0.15, -0.1) is 0 Å². The highest BCUT2D eigenvalue weighted by Gasteiger charge is 2.35. The maximum absolute atomic E-state index is 13.5. The summed E-state index contributed by atoms with van der Waals surface area (Å²) in [6.07, 6.45) is 2.21. The molecule has 0 saturated carbocycles. The molecule has 5 rings (SSSR count). The van der Waals surface area contributed by atoms with Crippen LogP contribution in [-0.4, -0.2) is 39.8 Å². The standard InChI is InChI=1S/C28H27N5O3/c1-18-23(19-10-12-21(13-11-19)33-17-30-31(3)28(33)36)8-5-9-24(18)25-14-15-32(27(25)35)22-7-4-6-20(16-22)26(34)29-2/h4-13,16-17,25H,14-15H2,1-3H3,(H,29,34). The molecule has 3 aromatic carbocycles. The van der Waals surface area contributed by atoms with Crippen LogP contribution in [-0.2, 0) is 11.8 Å². The van der Waals surface area contributed by atoms with Gasteiger partial charge in [0.2, 0.25) is 5.91 Å². The van der Waals surface area contributed by atoms with Crippen molar-refractivity contribution in [2.75, 3.05) is 18.5 Å². The first kappa shape index (κ1) is 23.3. The van der Waals surface area contributed by atoms with Crippen LogP contribution in [0.5, 0.6) is 0 Å². The zero-order chi connectivity index (χ0) is 25.4. The van der Waals surface area contributed by atoms with Crippen LogP contribution in [0.4, 0.5) is 5.69 Å². The summed E-state index contributed by atoms with van der Waals surface area (Å²) in [7, 11) is 3.21. The van der Waals surface area contributed by atoms with E-state index in [4.69, 9.17) is 0 Å². The summed E-state index contributed by atoms with van der Waals surface area (Å²) >= 11 is 0. The Morgan fingerprint density at radius 3 is 2.44 bits per heavy atom. The number of carbonyl (C=O) groups excluding carboxylic acids is 2. The molecule has 2 amide bonds. The third kappa shape index (κ3) is 4.00. The molecule has 1 atom stereocenters. The SMILES string of the molecule is CNC(=O)c1cccc(N2CCC(c3cccc(-c4ccc(-n5cnn(C)c5=O)cc4)c3C)C2=O)c1. The van der Waals surface area contributed by atoms with Crippen LogP contribution in [0.25, 0.3) is 16.8 Å². The van der Waals surface area contributed by atoms with E-state index >= 15 is 0 Å². The minimum atomic E-state index is -0.248. The fraction of sp³-hybridized carbons (Fsp3) is 0.214. The van der Waals surface area contributed by atoms with Crippen molar-refractivity contribution in [3.63, 3.8) is 0 Å². The Hall–Kier alpha value is -4.46. The molecule has 0 aliphatic carbocycles. The van der Waals surface area contributed by atoms with Gasteiger partial charge in [-0.25, -0.2) is 14.0 Å². The van der Waals surface area contributed by atoms with E-state index in [1.807, 2.05) is 55.5 Å². The third-order valence-corrected chi connectivity index (χ3v) is 6.88. The highest BCUT2D eigenvalue weighted by molar-refractivity contribution is 6.02. The number of aromatic nitrogens is 3. The van der Waals surface area contributed by atoms with Crippen molar-refractivity contribution in [3.05, 3.63) is 100 Å². The molecule has 8 nitrogen and oxygen atoms in total. The van der Waals surface area contributed by atoms with Gasteiger partial charge in [0.25, 0.3) is 5.91 Å². The number of hydrogen-bond acceptors (Lipinski definition) is 4. The second kappa shape index (κ2) is 9.30. The highest BCUT2D eigenvalue weighted by Crippen LogP contribution is 2.37. The average molecular weight is 482 g/mol. The predicted octanol–water partition coefficient (Wildman–Crippen LogP) is 3.43. The van der Waals surface area contributed by atoms with Gasteiger partial charge in [-0.2, -0.15) is 5.10 Å². The van der Waals surface area contributed by atoms with E-state index in [1.54, 1.807) is 37.2 Å². The lowest BCUT2D eigenvalue weighted by molar-refractivity contribution is -0.118. The maximum atomic E-state index is 13.5. The molecule has 1 N–H and O–H groups in total. The van der Waals surface area contributed by atoms with E-state index in [-0.39, 0.29) is 23.4 Å². The normalized spacial score (nSPS) is 15.4. The van der Waals surface area contributed by atoms with Crippen LogP contribution in [0.3, 0.4) is 0 Å². The molecule has 0 spiro atoms. The largest absolute Gasteiger partial charge is 0.355 e. The first-order valence-electron chi connectivity index (χ1n) is 11.8. The van der Waals surface area contributed by atoms with Crippen molar-refractivity contribution in [1.29, 1.82) is 0 Å². The Labute approximate surface area is 208 Å². The van der Waals surface area contributed by atoms with Gasteiger partial charge >= 0.3 is 5.69 Å². The topological polar surface area (TPSA) is 89.2 Å². The van der Waals surface area contributed by atoms with Crippen molar-refractivity contribution in [2.24, 2.45) is 7.05 Å². The molecule has 1 aliphatic rings. The molecule has 1 fully saturated rings. The van der Waals surface area contributed by atoms with Gasteiger partial charge in [0.05, 0.1) is 11.6 Å². The number of aryl methyl sites for hydroxylation is 1. The minimum Gasteiger partial charge on any atom is -0.355 e. The number of benzene rings is 3. The molecule has 1 saturated heterocycles. The van der Waals surface area contributed by atoms with Crippen molar-refractivity contribution in [1.82, 2.24) is 19.7 Å². The molecule has 1 unspecified atom stereocenters. The molecule has 0 bridgehead atoms. The van der Waals surface area contributed by atoms with E-state index in [2.05, 4.69) is 10.4 Å². The fourth-order valence-electron chi connectivity index (χ4n) is 4.89. The zero-order valence-electron chi connectivity index (χ0n) is 20.4. The van der Waals surface area contributed by atoms with E-state index in [0.29, 0.717) is 18.5 Å². The summed E-state index contributed by atoms with van der Waals surface area (Å²) in [6.45, 7) is 2.64. The van der Waals surface area contributed by atoms with Crippen LogP contribution >= 0.6 is 0 Å². The lowest BCUT2D eigenvalue weighted by Gasteiger charge is -2.19. The lowest BCUT2D eigenvalue weighted by Crippen LogP contribution is -2.27. The highest BCUT2D eigenvalue weighted by atomic mass is 16.2. The number of hydrogen-bond donors (Lipinski definition) is 1. The lowest BCUT2D eigenvalue weighted by atomic mass is 9.88. The van der Waals surface area contributed by atoms with E-state index < -0.39 is 0 Å². The zero-order valence-corrected chi connectivity index (χ0v) is 20.4. The van der Waals surface area contributed by atoms with Crippen molar-refractivity contribution in [3.8, 4) is 16.8 Å². The summed E-state index contributed by atoms with van der Waals surface area (Å²) in [6, 6.07) is 21.0. The molecule has 182 valence electrons. The van der Waals surface area contributed by atoms with Crippen molar-refractivity contribution < 1.29 is 9.59 Å². The summed E-state index contributed by atoms with van der Waals surface area (Å²) in [5, 5.41) is 6.63. The fourth-order valence-corrected chi connectivity index (χ4v) is 4.89. The average Bonchev–Trinajstić information content (AvgIpc) is 3.45. The molecule has 36 heavy (non-hydrogen) atoms. The van der Waals surface area contributed by atoms with Crippen LogP contribution in [0.1, 0.15) is 33.8 Å². The number of rotatable bonds is 5. The Morgan fingerprint density at radius 1 is 1.00 bits per heavy atom. The van der Waals surface area contributed by atoms with Gasteiger partial charge in [-0.05, 0) is 65.9 Å². The Morgan fingerprint density at radius 2 is 1.75 bits per heavy atom. The second-order valence-electron chi connectivity index (χ2n) is 8.93. The number of anilines is 1. The van der Waals surface area contributed by atoms with E-state index in [1.165, 1.54) is 15.6 Å². The molecular weight excluding hydrogens is 454 g/mol. The molecule has 0 radical (unpaired) electrons. The molecular formula is C28H27N5O3. The number of carbonyl (C=O) groups is 2. The second-order valence-corrected chi connectivity index (χ2v) is 8.93. The smallest absolute Gasteiger partial charge is 0.350 e. The summed E-state index contributed by atoms with van der Waals surface area (Å²) < 4.78 is 2.79. The number of nitrogens with one attached hydrogen (secondary N) is 1. The minimum absolute atomic E-state index is 0.0376. The number of nitrogens with zero attached hydrogens (tertiary/aromatic N) is 4. The van der Waals surface area contributed by atoms with Crippen LogP contribution in [0, 0.1) is 6.92 Å². The van der Waals surface area contributed by atoms with Crippen molar-refractivity contribution >= 4 is 17.5 Å². The molecule has 4 aromatic rings. The Kier molecular flexibility index (Phi) is 6.01. The maximum Gasteiger partial charge on any atom is 0.350 e. The molecule has 2 heterocycles. The summed E-state index contributed by atoms with van der Waals surface area (Å²) in [5.41, 5.74) is 5.93. The first-order chi connectivity index (χ1) is 17.4. The van der Waals surface area contributed by atoms with Gasteiger partial charge in [0.1, 0.15) is 6.33 Å². The van der Waals surface area contributed by atoms with Gasteiger partial charge in [0.15, 0.2) is 0 Å². The number of amides is 2. The Bertz CT molecular complexity index is 1520. The molecule has 8 heteroatoms.